The molecule has 0 aliphatic heterocycles. The van der Waals surface area contributed by atoms with Gasteiger partial charge in [-0.05, 0) is 49.7 Å². The van der Waals surface area contributed by atoms with Crippen molar-refractivity contribution in [2.75, 3.05) is 19.0 Å². The summed E-state index contributed by atoms with van der Waals surface area (Å²) in [7, 11) is -2.47. The molecule has 0 heterocycles. The molecular weight excluding hydrogens is 409 g/mol. The zero-order valence-corrected chi connectivity index (χ0v) is 16.8. The van der Waals surface area contributed by atoms with E-state index in [0.29, 0.717) is 5.56 Å². The highest BCUT2D eigenvalue weighted by Gasteiger charge is 2.30. The van der Waals surface area contributed by atoms with Crippen LogP contribution in [-0.2, 0) is 20.9 Å². The number of aryl methyl sites for hydroxylation is 1. The van der Waals surface area contributed by atoms with Crippen molar-refractivity contribution < 1.29 is 31.1 Å². The first-order valence-electron chi connectivity index (χ1n) is 8.54. The topological polar surface area (TPSA) is 84.5 Å². The predicted molar refractivity (Wildman–Crippen MR) is 102 cm³/mol. The summed E-state index contributed by atoms with van der Waals surface area (Å²) < 4.78 is 70.8. The molecule has 2 rings (SSSR count). The molecule has 2 N–H and O–H groups in total. The Labute approximate surface area is 167 Å². The number of rotatable bonds is 7. The zero-order chi connectivity index (χ0) is 21.8. The third kappa shape index (κ3) is 6.02. The first-order valence-corrected chi connectivity index (χ1v) is 10.0. The highest BCUT2D eigenvalue weighted by molar-refractivity contribution is 7.89. The summed E-state index contributed by atoms with van der Waals surface area (Å²) in [4.78, 5) is 12.4. The van der Waals surface area contributed by atoms with Crippen molar-refractivity contribution in [3.8, 4) is 0 Å². The molecule has 2 aromatic rings. The number of sulfonamides is 1. The summed E-state index contributed by atoms with van der Waals surface area (Å²) in [6, 6.07) is 7.68. The Morgan fingerprint density at radius 2 is 1.86 bits per heavy atom. The Morgan fingerprint density at radius 3 is 2.48 bits per heavy atom. The number of alkyl halides is 3. The highest BCUT2D eigenvalue weighted by Crippen LogP contribution is 2.30. The largest absolute Gasteiger partial charge is 0.416 e. The second-order valence-electron chi connectivity index (χ2n) is 6.49. The fraction of sp³-hybridized carbons (Fsp3) is 0.316. The lowest BCUT2D eigenvalue weighted by molar-refractivity contribution is -0.137. The molecule has 0 aliphatic rings. The predicted octanol–water partition coefficient (Wildman–Crippen LogP) is 3.58. The highest BCUT2D eigenvalue weighted by atomic mass is 32.2. The number of nitrogens with one attached hydrogen (secondary N) is 2. The number of benzene rings is 2. The van der Waals surface area contributed by atoms with Gasteiger partial charge >= 0.3 is 6.18 Å². The van der Waals surface area contributed by atoms with Gasteiger partial charge in [0.05, 0.1) is 17.1 Å². The normalized spacial score (nSPS) is 13.2. The summed E-state index contributed by atoms with van der Waals surface area (Å²) in [6.45, 7) is 3.38. The van der Waals surface area contributed by atoms with Crippen molar-refractivity contribution in [3.63, 3.8) is 0 Å². The number of carbonyl (C=O) groups excluding carboxylic acids is 1. The average molecular weight is 430 g/mol. The zero-order valence-electron chi connectivity index (χ0n) is 16.0. The van der Waals surface area contributed by atoms with Crippen molar-refractivity contribution >= 4 is 21.6 Å². The molecule has 0 unspecified atom stereocenters. The Hall–Kier alpha value is -2.43. The monoisotopic (exact) mass is 430 g/mol. The van der Waals surface area contributed by atoms with Gasteiger partial charge in [0.15, 0.2) is 0 Å². The van der Waals surface area contributed by atoms with E-state index < -0.39 is 33.7 Å². The van der Waals surface area contributed by atoms with E-state index in [4.69, 9.17) is 4.74 Å². The van der Waals surface area contributed by atoms with Crippen LogP contribution >= 0.6 is 0 Å². The maximum atomic E-state index is 12.8. The number of halogens is 3. The van der Waals surface area contributed by atoms with Gasteiger partial charge in [-0.3, -0.25) is 4.79 Å². The van der Waals surface area contributed by atoms with Gasteiger partial charge in [0.1, 0.15) is 0 Å². The molecular formula is C19H21F3N2O4S. The van der Waals surface area contributed by atoms with E-state index in [1.807, 2.05) is 0 Å². The van der Waals surface area contributed by atoms with Crippen LogP contribution in [0, 0.1) is 6.92 Å². The number of methoxy groups -OCH3 is 1. The van der Waals surface area contributed by atoms with Gasteiger partial charge in [0, 0.05) is 24.4 Å². The van der Waals surface area contributed by atoms with Crippen LogP contribution in [0.4, 0.5) is 18.9 Å². The van der Waals surface area contributed by atoms with Crippen LogP contribution in [0.5, 0.6) is 0 Å². The Balaban J connectivity index is 2.29. The number of ether oxygens (including phenoxy) is 1. The van der Waals surface area contributed by atoms with Crippen molar-refractivity contribution in [2.24, 2.45) is 0 Å². The minimum atomic E-state index is -4.55. The van der Waals surface area contributed by atoms with Gasteiger partial charge in [0.2, 0.25) is 10.0 Å². The van der Waals surface area contributed by atoms with E-state index in [1.54, 1.807) is 13.8 Å². The fourth-order valence-electron chi connectivity index (χ4n) is 2.60. The van der Waals surface area contributed by atoms with Gasteiger partial charge in [-0.25, -0.2) is 13.1 Å². The van der Waals surface area contributed by atoms with Crippen molar-refractivity contribution in [3.05, 3.63) is 59.2 Å². The lowest BCUT2D eigenvalue weighted by Crippen LogP contribution is -2.35. The summed E-state index contributed by atoms with van der Waals surface area (Å²) in [5.41, 5.74) is -0.452. The van der Waals surface area contributed by atoms with E-state index in [-0.39, 0.29) is 22.8 Å². The van der Waals surface area contributed by atoms with Crippen LogP contribution in [0.25, 0.3) is 0 Å². The maximum Gasteiger partial charge on any atom is 0.416 e. The molecule has 0 fully saturated rings. The molecule has 10 heteroatoms. The molecule has 6 nitrogen and oxygen atoms in total. The molecule has 158 valence electrons. The standard InChI is InChI=1S/C19H21F3N2O4S/c1-12-7-8-16(29(26,27)24-13(2)11-28-3)10-17(12)18(25)23-15-6-4-5-14(9-15)19(20,21)22/h4-10,13,24H,11H2,1-3H3,(H,23,25)/t13-/m0/s1. The molecule has 0 aliphatic carbocycles. The Bertz CT molecular complexity index is 991. The molecule has 1 amide bonds. The smallest absolute Gasteiger partial charge is 0.383 e. The molecule has 1 atom stereocenters. The van der Waals surface area contributed by atoms with Crippen molar-refractivity contribution in [1.29, 1.82) is 0 Å². The quantitative estimate of drug-likeness (QED) is 0.703. The molecule has 0 saturated heterocycles. The molecule has 2 aromatic carbocycles. The van der Waals surface area contributed by atoms with Gasteiger partial charge in [-0.2, -0.15) is 13.2 Å². The average Bonchev–Trinajstić information content (AvgIpc) is 2.61. The minimum Gasteiger partial charge on any atom is -0.383 e. The fourth-order valence-corrected chi connectivity index (χ4v) is 3.86. The van der Waals surface area contributed by atoms with E-state index in [9.17, 15) is 26.4 Å². The Morgan fingerprint density at radius 1 is 1.17 bits per heavy atom. The molecule has 29 heavy (non-hydrogen) atoms. The summed E-state index contributed by atoms with van der Waals surface area (Å²) in [5.74, 6) is -0.719. The van der Waals surface area contributed by atoms with Gasteiger partial charge in [-0.15, -0.1) is 0 Å². The van der Waals surface area contributed by atoms with E-state index in [1.165, 1.54) is 37.4 Å². The third-order valence-corrected chi connectivity index (χ3v) is 5.57. The maximum absolute atomic E-state index is 12.8. The molecule has 0 saturated carbocycles. The van der Waals surface area contributed by atoms with Crippen LogP contribution in [0.1, 0.15) is 28.4 Å². The van der Waals surface area contributed by atoms with Crippen molar-refractivity contribution in [1.82, 2.24) is 4.72 Å². The lowest BCUT2D eigenvalue weighted by atomic mass is 10.1. The van der Waals surface area contributed by atoms with Crippen LogP contribution in [-0.4, -0.2) is 34.1 Å². The van der Waals surface area contributed by atoms with Crippen LogP contribution < -0.4 is 10.0 Å². The SMILES string of the molecule is COC[C@H](C)NS(=O)(=O)c1ccc(C)c(C(=O)Nc2cccc(C(F)(F)F)c2)c1. The van der Waals surface area contributed by atoms with Crippen LogP contribution in [0.15, 0.2) is 47.4 Å². The van der Waals surface area contributed by atoms with Gasteiger partial charge < -0.3 is 10.1 Å². The summed E-state index contributed by atoms with van der Waals surface area (Å²) >= 11 is 0. The lowest BCUT2D eigenvalue weighted by Gasteiger charge is -2.15. The first kappa shape index (κ1) is 22.9. The van der Waals surface area contributed by atoms with E-state index in [0.717, 1.165) is 12.1 Å². The van der Waals surface area contributed by atoms with Gasteiger partial charge in [-0.1, -0.05) is 12.1 Å². The number of carbonyl (C=O) groups is 1. The number of hydrogen-bond acceptors (Lipinski definition) is 4. The van der Waals surface area contributed by atoms with Crippen molar-refractivity contribution in [2.45, 2.75) is 31.0 Å². The summed E-state index contributed by atoms with van der Waals surface area (Å²) in [5, 5.41) is 2.38. The molecule has 0 bridgehead atoms. The number of amides is 1. The van der Waals surface area contributed by atoms with E-state index in [2.05, 4.69) is 10.0 Å². The first-order chi connectivity index (χ1) is 13.4. The number of hydrogen-bond donors (Lipinski definition) is 2. The minimum absolute atomic E-state index is 0.0321. The Kier molecular flexibility index (Phi) is 7.04. The summed E-state index contributed by atoms with van der Waals surface area (Å²) in [6.07, 6.45) is -4.55. The van der Waals surface area contributed by atoms with Crippen LogP contribution in [0.2, 0.25) is 0 Å². The second-order valence-corrected chi connectivity index (χ2v) is 8.20. The molecule has 0 radical (unpaired) electrons. The van der Waals surface area contributed by atoms with Crippen LogP contribution in [0.3, 0.4) is 0 Å². The molecule has 0 spiro atoms. The molecule has 0 aromatic heterocycles. The van der Waals surface area contributed by atoms with Gasteiger partial charge in [0.25, 0.3) is 5.91 Å². The third-order valence-electron chi connectivity index (χ3n) is 3.98. The van der Waals surface area contributed by atoms with E-state index >= 15 is 0 Å². The number of anilines is 1. The second kappa shape index (κ2) is 8.93.